The van der Waals surface area contributed by atoms with Gasteiger partial charge in [0.2, 0.25) is 0 Å². The van der Waals surface area contributed by atoms with Gasteiger partial charge in [-0.3, -0.25) is 14.4 Å². The van der Waals surface area contributed by atoms with Gasteiger partial charge in [-0.2, -0.15) is 0 Å². The minimum atomic E-state index is -0.807. The fourth-order valence-corrected chi connectivity index (χ4v) is 6.59. The molecule has 0 rings (SSSR count). The number of carbonyl (C=O) groups excluding carboxylic acids is 3. The predicted octanol–water partition coefficient (Wildman–Crippen LogP) is 15.9. The quantitative estimate of drug-likeness (QED) is 0.0264. The molecule has 0 amide bonds. The Hall–Kier alpha value is -3.15. The molecule has 1 unspecified atom stereocenters. The van der Waals surface area contributed by atoms with E-state index in [1.165, 1.54) is 89.9 Å². The number of hydrogen-bond acceptors (Lipinski definition) is 6. The van der Waals surface area contributed by atoms with Crippen molar-refractivity contribution >= 4 is 17.9 Å². The first-order chi connectivity index (χ1) is 29.0. The largest absolute Gasteiger partial charge is 0.462 e. The van der Waals surface area contributed by atoms with Gasteiger partial charge < -0.3 is 14.2 Å². The van der Waals surface area contributed by atoms with E-state index in [-0.39, 0.29) is 37.5 Å². The van der Waals surface area contributed by atoms with E-state index in [0.29, 0.717) is 19.3 Å². The molecule has 0 aromatic heterocycles. The maximum absolute atomic E-state index is 12.7. The van der Waals surface area contributed by atoms with Crippen molar-refractivity contribution in [3.63, 3.8) is 0 Å². The lowest BCUT2D eigenvalue weighted by Gasteiger charge is -2.18. The van der Waals surface area contributed by atoms with Crippen molar-refractivity contribution in [1.82, 2.24) is 0 Å². The average molecular weight is 823 g/mol. The Balaban J connectivity index is 4.41. The van der Waals surface area contributed by atoms with Gasteiger partial charge in [0, 0.05) is 19.3 Å². The van der Waals surface area contributed by atoms with Crippen molar-refractivity contribution < 1.29 is 28.6 Å². The van der Waals surface area contributed by atoms with E-state index in [4.69, 9.17) is 14.2 Å². The number of esters is 3. The van der Waals surface area contributed by atoms with E-state index in [1.807, 2.05) is 0 Å². The summed E-state index contributed by atoms with van der Waals surface area (Å²) < 4.78 is 16.7. The van der Waals surface area contributed by atoms with Crippen LogP contribution in [0.25, 0.3) is 0 Å². The van der Waals surface area contributed by atoms with Crippen LogP contribution in [0, 0.1) is 0 Å². The highest BCUT2D eigenvalue weighted by molar-refractivity contribution is 5.71. The zero-order valence-corrected chi connectivity index (χ0v) is 38.5. The number of unbranched alkanes of at least 4 members (excludes halogenated alkanes) is 20. The normalized spacial score (nSPS) is 12.7. The minimum absolute atomic E-state index is 0.102. The lowest BCUT2D eigenvalue weighted by atomic mass is 10.0. The summed E-state index contributed by atoms with van der Waals surface area (Å²) in [6.45, 7) is 6.33. The van der Waals surface area contributed by atoms with Crippen molar-refractivity contribution in [1.29, 1.82) is 0 Å². The Bertz CT molecular complexity index is 1130. The Morgan fingerprint density at radius 1 is 0.356 bits per heavy atom. The fraction of sp³-hybridized carbons (Fsp3) is 0.717. The fourth-order valence-electron chi connectivity index (χ4n) is 6.59. The standard InChI is InChI=1S/C53H90O6/c1-4-7-10-13-16-19-22-25-26-27-28-29-32-34-37-40-43-46-52(55)58-49-50(59-53(56)47-44-41-38-35-31-24-21-18-15-12-9-6-3)48-57-51(54)45-42-39-36-33-30-23-20-17-14-11-8-5-2/h8-9,11-12,17-18,20-21,30-31,33,35,50H,4-7,10,13-16,19,22-29,32,34,36-49H2,1-3H3/b11-8-,12-9-,20-17-,21-18-,33-30-,35-31-. The molecule has 0 fully saturated rings. The van der Waals surface area contributed by atoms with Gasteiger partial charge in [0.1, 0.15) is 13.2 Å². The summed E-state index contributed by atoms with van der Waals surface area (Å²) in [5, 5.41) is 0. The van der Waals surface area contributed by atoms with Crippen molar-refractivity contribution in [3.8, 4) is 0 Å². The molecule has 0 N–H and O–H groups in total. The molecule has 338 valence electrons. The summed E-state index contributed by atoms with van der Waals surface area (Å²) in [6.07, 6.45) is 59.0. The van der Waals surface area contributed by atoms with Crippen LogP contribution in [-0.4, -0.2) is 37.2 Å². The monoisotopic (exact) mass is 823 g/mol. The average Bonchev–Trinajstić information content (AvgIpc) is 3.23. The third kappa shape index (κ3) is 45.8. The Morgan fingerprint density at radius 3 is 1.03 bits per heavy atom. The second-order valence-electron chi connectivity index (χ2n) is 16.0. The van der Waals surface area contributed by atoms with Crippen molar-refractivity contribution in [2.75, 3.05) is 13.2 Å². The molecule has 0 heterocycles. The van der Waals surface area contributed by atoms with Crippen LogP contribution >= 0.6 is 0 Å². The first-order valence-electron chi connectivity index (χ1n) is 24.4. The van der Waals surface area contributed by atoms with Crippen LogP contribution in [0.15, 0.2) is 72.9 Å². The second-order valence-corrected chi connectivity index (χ2v) is 16.0. The molecule has 0 spiro atoms. The van der Waals surface area contributed by atoms with Crippen LogP contribution in [0.1, 0.15) is 226 Å². The molecular weight excluding hydrogens is 733 g/mol. The van der Waals surface area contributed by atoms with Gasteiger partial charge in [-0.25, -0.2) is 0 Å². The molecule has 0 aromatic carbocycles. The van der Waals surface area contributed by atoms with E-state index < -0.39 is 6.10 Å². The van der Waals surface area contributed by atoms with Crippen LogP contribution in [0.4, 0.5) is 0 Å². The molecule has 0 aliphatic heterocycles. The Morgan fingerprint density at radius 2 is 0.661 bits per heavy atom. The maximum Gasteiger partial charge on any atom is 0.306 e. The van der Waals surface area contributed by atoms with Gasteiger partial charge in [-0.05, 0) is 83.5 Å². The van der Waals surface area contributed by atoms with Gasteiger partial charge in [0.05, 0.1) is 0 Å². The minimum Gasteiger partial charge on any atom is -0.462 e. The highest BCUT2D eigenvalue weighted by Gasteiger charge is 2.19. The van der Waals surface area contributed by atoms with E-state index >= 15 is 0 Å². The van der Waals surface area contributed by atoms with Crippen molar-refractivity contribution in [2.24, 2.45) is 0 Å². The summed E-state index contributed by atoms with van der Waals surface area (Å²) >= 11 is 0. The zero-order chi connectivity index (χ0) is 43.0. The SMILES string of the molecule is CC/C=C\C/C=C\C/C=C\CCCCC(=O)OCC(COC(=O)CCCCCCCCCCCCCCCCCCC)OC(=O)CCCC/C=C\C/C=C\C/C=C\CC. The summed E-state index contributed by atoms with van der Waals surface area (Å²) in [5.41, 5.74) is 0. The number of hydrogen-bond donors (Lipinski definition) is 0. The number of rotatable bonds is 43. The van der Waals surface area contributed by atoms with E-state index in [0.717, 1.165) is 89.9 Å². The van der Waals surface area contributed by atoms with Gasteiger partial charge in [0.15, 0.2) is 6.10 Å². The van der Waals surface area contributed by atoms with Gasteiger partial charge in [-0.15, -0.1) is 0 Å². The molecule has 0 saturated heterocycles. The third-order valence-electron chi connectivity index (χ3n) is 10.2. The highest BCUT2D eigenvalue weighted by atomic mass is 16.6. The highest BCUT2D eigenvalue weighted by Crippen LogP contribution is 2.15. The van der Waals surface area contributed by atoms with Crippen LogP contribution in [0.3, 0.4) is 0 Å². The molecule has 59 heavy (non-hydrogen) atoms. The molecule has 0 saturated carbocycles. The van der Waals surface area contributed by atoms with E-state index in [2.05, 4.69) is 93.7 Å². The lowest BCUT2D eigenvalue weighted by Crippen LogP contribution is -2.30. The maximum atomic E-state index is 12.7. The summed E-state index contributed by atoms with van der Waals surface area (Å²) in [5.74, 6) is -0.984. The van der Waals surface area contributed by atoms with Crippen LogP contribution in [0.5, 0.6) is 0 Å². The van der Waals surface area contributed by atoms with Crippen molar-refractivity contribution in [2.45, 2.75) is 232 Å². The summed E-state index contributed by atoms with van der Waals surface area (Å²) in [4.78, 5) is 37.8. The van der Waals surface area contributed by atoms with Crippen molar-refractivity contribution in [3.05, 3.63) is 72.9 Å². The zero-order valence-electron chi connectivity index (χ0n) is 38.5. The predicted molar refractivity (Wildman–Crippen MR) is 251 cm³/mol. The summed E-state index contributed by atoms with van der Waals surface area (Å²) in [7, 11) is 0. The van der Waals surface area contributed by atoms with Gasteiger partial charge in [0.25, 0.3) is 0 Å². The molecule has 0 aliphatic carbocycles. The Kier molecular flexibility index (Phi) is 45.0. The number of allylic oxidation sites excluding steroid dienone is 12. The first-order valence-corrected chi connectivity index (χ1v) is 24.4. The number of carbonyl (C=O) groups is 3. The molecular formula is C53H90O6. The van der Waals surface area contributed by atoms with Crippen LogP contribution in [0.2, 0.25) is 0 Å². The Labute approximate surface area is 363 Å². The topological polar surface area (TPSA) is 78.9 Å². The van der Waals surface area contributed by atoms with Crippen LogP contribution in [-0.2, 0) is 28.6 Å². The molecule has 6 heteroatoms. The molecule has 1 atom stereocenters. The molecule has 0 aromatic rings. The second kappa shape index (κ2) is 47.5. The molecule has 0 aliphatic rings. The first kappa shape index (κ1) is 55.9. The van der Waals surface area contributed by atoms with Gasteiger partial charge >= 0.3 is 17.9 Å². The van der Waals surface area contributed by atoms with Gasteiger partial charge in [-0.1, -0.05) is 196 Å². The molecule has 0 bridgehead atoms. The summed E-state index contributed by atoms with van der Waals surface area (Å²) in [6, 6.07) is 0. The number of ether oxygens (including phenoxy) is 3. The van der Waals surface area contributed by atoms with E-state index in [1.54, 1.807) is 0 Å². The third-order valence-corrected chi connectivity index (χ3v) is 10.2. The molecule has 6 nitrogen and oxygen atoms in total. The van der Waals surface area contributed by atoms with E-state index in [9.17, 15) is 14.4 Å². The smallest absolute Gasteiger partial charge is 0.306 e. The van der Waals surface area contributed by atoms with Crippen LogP contribution < -0.4 is 0 Å². The lowest BCUT2D eigenvalue weighted by molar-refractivity contribution is -0.167. The molecule has 0 radical (unpaired) electrons.